The molecule has 1 aliphatic heterocycles. The fourth-order valence-electron chi connectivity index (χ4n) is 8.59. The molecule has 0 amide bonds. The van der Waals surface area contributed by atoms with Crippen LogP contribution >= 0.6 is 31.9 Å². The first-order valence-corrected chi connectivity index (χ1v) is 18.4. The molecule has 4 aromatic rings. The molecule has 4 aromatic carbocycles. The van der Waals surface area contributed by atoms with E-state index in [0.717, 1.165) is 60.0 Å². The van der Waals surface area contributed by atoms with Crippen LogP contribution in [0.1, 0.15) is 88.5 Å². The van der Waals surface area contributed by atoms with Gasteiger partial charge in [0, 0.05) is 26.6 Å². The minimum Gasteiger partial charge on any atom is -0.494 e. The summed E-state index contributed by atoms with van der Waals surface area (Å²) in [6.45, 7) is 10.9. The first-order valence-electron chi connectivity index (χ1n) is 16.9. The first kappa shape index (κ1) is 32.1. The molecule has 0 aromatic heterocycles. The number of halogens is 2. The predicted molar refractivity (Wildman–Crippen MR) is 197 cm³/mol. The van der Waals surface area contributed by atoms with Gasteiger partial charge in [-0.05, 0) is 148 Å². The van der Waals surface area contributed by atoms with Crippen LogP contribution in [0.25, 0.3) is 22.3 Å². The van der Waals surface area contributed by atoms with Crippen LogP contribution in [0.4, 0.5) is 0 Å². The van der Waals surface area contributed by atoms with Crippen LogP contribution < -0.4 is 4.74 Å². The van der Waals surface area contributed by atoms with Crippen molar-refractivity contribution in [3.05, 3.63) is 110 Å². The molecule has 0 saturated carbocycles. The fourth-order valence-corrected chi connectivity index (χ4v) is 9.31. The molecule has 46 heavy (non-hydrogen) atoms. The summed E-state index contributed by atoms with van der Waals surface area (Å²) in [4.78, 5) is 2.52. The third-order valence-corrected chi connectivity index (χ3v) is 12.0. The van der Waals surface area contributed by atoms with Crippen molar-refractivity contribution in [1.29, 1.82) is 0 Å². The Morgan fingerprint density at radius 1 is 0.630 bits per heavy atom. The first-order chi connectivity index (χ1) is 22.0. The fraction of sp³-hybridized carbons (Fsp3) is 0.415. The highest BCUT2D eigenvalue weighted by molar-refractivity contribution is 9.10. The van der Waals surface area contributed by atoms with E-state index in [1.165, 1.54) is 50.9 Å². The summed E-state index contributed by atoms with van der Waals surface area (Å²) in [6.07, 6.45) is 7.01. The minimum atomic E-state index is -0.387. The average Bonchev–Trinajstić information content (AvgIpc) is 3.46. The number of nitrogens with zero attached hydrogens (tertiary/aromatic N) is 1. The van der Waals surface area contributed by atoms with Crippen LogP contribution in [0.2, 0.25) is 0 Å². The van der Waals surface area contributed by atoms with Crippen LogP contribution in [-0.4, -0.2) is 42.3 Å². The van der Waals surface area contributed by atoms with Gasteiger partial charge in [-0.2, -0.15) is 0 Å². The highest BCUT2D eigenvalue weighted by Crippen LogP contribution is 2.63. The van der Waals surface area contributed by atoms with E-state index in [4.69, 9.17) is 9.47 Å². The summed E-state index contributed by atoms with van der Waals surface area (Å²) in [6, 6.07) is 29.2. The number of benzene rings is 4. The molecular formula is C41H45Br2NO2. The third kappa shape index (κ3) is 5.40. The normalized spacial score (nSPS) is 18.7. The lowest BCUT2D eigenvalue weighted by Gasteiger charge is -2.53. The maximum atomic E-state index is 6.46. The van der Waals surface area contributed by atoms with E-state index in [9.17, 15) is 0 Å². The van der Waals surface area contributed by atoms with Gasteiger partial charge >= 0.3 is 0 Å². The lowest BCUT2D eigenvalue weighted by molar-refractivity contribution is -0.0918. The molecule has 1 spiro atoms. The number of piperidine rings is 1. The summed E-state index contributed by atoms with van der Waals surface area (Å²) in [5.41, 5.74) is 10.4. The number of rotatable bonds is 9. The molecule has 240 valence electrons. The van der Waals surface area contributed by atoms with E-state index in [1.807, 2.05) is 0 Å². The number of likely N-dealkylation sites (tertiary alicyclic amines) is 1. The van der Waals surface area contributed by atoms with E-state index in [1.54, 1.807) is 0 Å². The van der Waals surface area contributed by atoms with Crippen LogP contribution in [-0.2, 0) is 10.2 Å². The molecule has 5 heteroatoms. The molecule has 3 nitrogen and oxygen atoms in total. The number of hydrogen-bond acceptors (Lipinski definition) is 3. The van der Waals surface area contributed by atoms with Gasteiger partial charge in [-0.1, -0.05) is 80.7 Å². The summed E-state index contributed by atoms with van der Waals surface area (Å²) in [7, 11) is 2.25. The van der Waals surface area contributed by atoms with Crippen LogP contribution in [0, 0.1) is 0 Å². The van der Waals surface area contributed by atoms with Crippen molar-refractivity contribution in [3.8, 4) is 28.0 Å². The van der Waals surface area contributed by atoms with Gasteiger partial charge in [-0.25, -0.2) is 0 Å². The van der Waals surface area contributed by atoms with Gasteiger partial charge in [0.25, 0.3) is 0 Å². The molecule has 1 fully saturated rings. The van der Waals surface area contributed by atoms with Gasteiger partial charge in [0.1, 0.15) is 5.75 Å². The molecule has 0 bridgehead atoms. The predicted octanol–water partition coefficient (Wildman–Crippen LogP) is 11.2. The van der Waals surface area contributed by atoms with Crippen molar-refractivity contribution in [1.82, 2.24) is 4.90 Å². The van der Waals surface area contributed by atoms with Gasteiger partial charge in [-0.15, -0.1) is 0 Å². The summed E-state index contributed by atoms with van der Waals surface area (Å²) in [5, 5.41) is 0. The van der Waals surface area contributed by atoms with Gasteiger partial charge in [0.2, 0.25) is 0 Å². The molecule has 0 atom stereocenters. The summed E-state index contributed by atoms with van der Waals surface area (Å²) in [5.74, 6) is 0.946. The van der Waals surface area contributed by atoms with E-state index in [0.29, 0.717) is 6.10 Å². The zero-order valence-electron chi connectivity index (χ0n) is 27.8. The Bertz CT molecular complexity index is 1710. The number of fused-ring (bicyclic) bond motifs is 10. The second kappa shape index (κ2) is 12.2. The van der Waals surface area contributed by atoms with Crippen molar-refractivity contribution in [2.24, 2.45) is 0 Å². The third-order valence-electron chi connectivity index (χ3n) is 11.0. The molecule has 0 N–H and O–H groups in total. The number of unbranched alkanes of at least 4 members (excludes halogenated alkanes) is 3. The zero-order chi connectivity index (χ0) is 32.3. The van der Waals surface area contributed by atoms with E-state index >= 15 is 0 Å². The Hall–Kier alpha value is -2.44. The highest BCUT2D eigenvalue weighted by atomic mass is 79.9. The van der Waals surface area contributed by atoms with Crippen molar-refractivity contribution in [2.45, 2.75) is 88.8 Å². The standard InChI is InChI=1S/C41H45Br2NO2/c1-39(2)25-30(26-40(3,4)44(39)5)46-21-11-7-6-10-20-45-29-16-19-34-31-12-8-9-13-35(31)41(38(34)24-29)36-22-27(42)14-17-32(36)33-18-15-28(43)23-37(33)41/h8-9,12-19,22-24,30H,6-7,10-11,20-21,25-26H2,1-5H3. The average molecular weight is 744 g/mol. The summed E-state index contributed by atoms with van der Waals surface area (Å²) >= 11 is 7.60. The monoisotopic (exact) mass is 741 g/mol. The molecular weight excluding hydrogens is 698 g/mol. The molecule has 7 rings (SSSR count). The van der Waals surface area contributed by atoms with Crippen LogP contribution in [0.15, 0.2) is 87.8 Å². The molecule has 2 aliphatic carbocycles. The SMILES string of the molecule is CN1C(C)(C)CC(OCCCCCCOc2ccc3c(c2)C2(c4ccccc4-3)c3cc(Br)ccc3-c3ccc(Br)cc32)CC1(C)C. The van der Waals surface area contributed by atoms with Gasteiger partial charge in [-0.3, -0.25) is 4.90 Å². The van der Waals surface area contributed by atoms with Crippen LogP contribution in [0.3, 0.4) is 0 Å². The van der Waals surface area contributed by atoms with Gasteiger partial charge < -0.3 is 9.47 Å². The number of ether oxygens (including phenoxy) is 2. The lowest BCUT2D eigenvalue weighted by Crippen LogP contribution is -2.60. The van der Waals surface area contributed by atoms with E-state index in [-0.39, 0.29) is 16.5 Å². The second-order valence-electron chi connectivity index (χ2n) is 14.7. The summed E-state index contributed by atoms with van der Waals surface area (Å²) < 4.78 is 15.0. The highest BCUT2D eigenvalue weighted by Gasteiger charge is 2.52. The Morgan fingerprint density at radius 2 is 1.15 bits per heavy atom. The topological polar surface area (TPSA) is 21.7 Å². The molecule has 3 aliphatic rings. The second-order valence-corrected chi connectivity index (χ2v) is 16.6. The maximum Gasteiger partial charge on any atom is 0.119 e. The maximum absolute atomic E-state index is 6.46. The van der Waals surface area contributed by atoms with Crippen molar-refractivity contribution in [2.75, 3.05) is 20.3 Å². The Kier molecular flexibility index (Phi) is 8.53. The Morgan fingerprint density at radius 3 is 1.78 bits per heavy atom. The smallest absolute Gasteiger partial charge is 0.119 e. The lowest BCUT2D eigenvalue weighted by atomic mass is 9.70. The van der Waals surface area contributed by atoms with Crippen molar-refractivity contribution >= 4 is 31.9 Å². The Balaban J connectivity index is 1.04. The van der Waals surface area contributed by atoms with Crippen molar-refractivity contribution < 1.29 is 9.47 Å². The van der Waals surface area contributed by atoms with Gasteiger partial charge in [0.15, 0.2) is 0 Å². The van der Waals surface area contributed by atoms with Gasteiger partial charge in [0.05, 0.1) is 18.1 Å². The molecule has 1 heterocycles. The quantitative estimate of drug-likeness (QED) is 0.138. The van der Waals surface area contributed by atoms with Crippen molar-refractivity contribution in [3.63, 3.8) is 0 Å². The zero-order valence-corrected chi connectivity index (χ0v) is 30.9. The molecule has 0 unspecified atom stereocenters. The van der Waals surface area contributed by atoms with Crippen LogP contribution in [0.5, 0.6) is 5.75 Å². The Labute approximate surface area is 292 Å². The molecule has 0 radical (unpaired) electrons. The van der Waals surface area contributed by atoms with E-state index in [2.05, 4.69) is 150 Å². The molecule has 1 saturated heterocycles. The number of hydrogen-bond donors (Lipinski definition) is 0. The minimum absolute atomic E-state index is 0.169. The van der Waals surface area contributed by atoms with E-state index < -0.39 is 0 Å². The largest absolute Gasteiger partial charge is 0.494 e.